The number of ether oxygens (including phenoxy) is 1. The summed E-state index contributed by atoms with van der Waals surface area (Å²) in [4.78, 5) is 0. The van der Waals surface area contributed by atoms with Crippen molar-refractivity contribution in [1.29, 1.82) is 0 Å². The highest BCUT2D eigenvalue weighted by Crippen LogP contribution is 2.27. The van der Waals surface area contributed by atoms with Crippen LogP contribution in [0.25, 0.3) is 0 Å². The lowest BCUT2D eigenvalue weighted by atomic mass is 10.1. The molecule has 1 heterocycles. The minimum atomic E-state index is -0.454. The van der Waals surface area contributed by atoms with Crippen LogP contribution in [0.15, 0.2) is 65.1 Å². The highest BCUT2D eigenvalue weighted by atomic mass is 35.5. The van der Waals surface area contributed by atoms with Gasteiger partial charge in [0.2, 0.25) is 5.89 Å². The minimum Gasteiger partial charge on any atom is -0.484 e. The predicted octanol–water partition coefficient (Wildman–Crippen LogP) is 3.98. The highest BCUT2D eigenvalue weighted by Gasteiger charge is 2.18. The predicted molar refractivity (Wildman–Crippen MR) is 79.2 cm³/mol. The number of benzene rings is 2. The van der Waals surface area contributed by atoms with Crippen molar-refractivity contribution in [2.75, 3.05) is 0 Å². The molecule has 1 aromatic heterocycles. The fourth-order valence-corrected chi connectivity index (χ4v) is 2.09. The average Bonchev–Trinajstić information content (AvgIpc) is 3.03. The first kappa shape index (κ1) is 13.6. The maximum absolute atomic E-state index is 6.33. The highest BCUT2D eigenvalue weighted by molar-refractivity contribution is 6.22. The van der Waals surface area contributed by atoms with Crippen LogP contribution in [0.4, 0.5) is 0 Å². The Bertz CT molecular complexity index is 686. The second-order valence-electron chi connectivity index (χ2n) is 4.41. The van der Waals surface area contributed by atoms with Crippen molar-refractivity contribution < 1.29 is 9.15 Å². The second-order valence-corrected chi connectivity index (χ2v) is 4.85. The number of aromatic nitrogens is 2. The molecule has 3 rings (SSSR count). The molecule has 0 fully saturated rings. The molecule has 3 aromatic rings. The van der Waals surface area contributed by atoms with Gasteiger partial charge in [0.05, 0.1) is 0 Å². The SMILES string of the molecule is ClC(c1ccccc1)c1nnc(COc2ccccc2)o1. The van der Waals surface area contributed by atoms with E-state index in [1.807, 2.05) is 60.7 Å². The van der Waals surface area contributed by atoms with Gasteiger partial charge in [-0.1, -0.05) is 48.5 Å². The molecule has 0 spiro atoms. The second kappa shape index (κ2) is 6.41. The summed E-state index contributed by atoms with van der Waals surface area (Å²) < 4.78 is 11.1. The van der Waals surface area contributed by atoms with Crippen molar-refractivity contribution in [3.63, 3.8) is 0 Å². The molecule has 0 aliphatic carbocycles. The molecule has 0 aliphatic rings. The van der Waals surface area contributed by atoms with Crippen molar-refractivity contribution in [1.82, 2.24) is 10.2 Å². The van der Waals surface area contributed by atoms with Crippen molar-refractivity contribution in [2.45, 2.75) is 12.0 Å². The van der Waals surface area contributed by atoms with Gasteiger partial charge in [0, 0.05) is 0 Å². The van der Waals surface area contributed by atoms with Crippen LogP contribution >= 0.6 is 11.6 Å². The van der Waals surface area contributed by atoms with Gasteiger partial charge in [-0.2, -0.15) is 0 Å². The first-order chi connectivity index (χ1) is 10.3. The molecule has 1 atom stereocenters. The molecule has 0 bridgehead atoms. The van der Waals surface area contributed by atoms with Gasteiger partial charge in [-0.25, -0.2) is 0 Å². The summed E-state index contributed by atoms with van der Waals surface area (Å²) in [6.45, 7) is 0.218. The van der Waals surface area contributed by atoms with Gasteiger partial charge in [-0.05, 0) is 17.7 Å². The van der Waals surface area contributed by atoms with E-state index in [9.17, 15) is 0 Å². The third kappa shape index (κ3) is 3.41. The molecule has 0 radical (unpaired) electrons. The topological polar surface area (TPSA) is 48.2 Å². The van der Waals surface area contributed by atoms with Gasteiger partial charge in [-0.15, -0.1) is 21.8 Å². The molecule has 21 heavy (non-hydrogen) atoms. The van der Waals surface area contributed by atoms with Crippen molar-refractivity contribution in [3.05, 3.63) is 78.0 Å². The van der Waals surface area contributed by atoms with Crippen molar-refractivity contribution in [2.24, 2.45) is 0 Å². The van der Waals surface area contributed by atoms with Crippen LogP contribution in [-0.4, -0.2) is 10.2 Å². The third-order valence-electron chi connectivity index (χ3n) is 2.90. The van der Waals surface area contributed by atoms with E-state index in [0.717, 1.165) is 11.3 Å². The summed E-state index contributed by atoms with van der Waals surface area (Å²) in [5.41, 5.74) is 0.915. The van der Waals surface area contributed by atoms with Gasteiger partial charge < -0.3 is 9.15 Å². The van der Waals surface area contributed by atoms with E-state index in [2.05, 4.69) is 10.2 Å². The molecule has 0 N–H and O–H groups in total. The zero-order valence-corrected chi connectivity index (χ0v) is 11.9. The molecule has 0 aliphatic heterocycles. The number of hydrogen-bond donors (Lipinski definition) is 0. The first-order valence-corrected chi connectivity index (χ1v) is 6.96. The Balaban J connectivity index is 1.66. The largest absolute Gasteiger partial charge is 0.484 e. The molecular formula is C16H13ClN2O2. The molecule has 0 saturated heterocycles. The van der Waals surface area contributed by atoms with Crippen LogP contribution in [0.3, 0.4) is 0 Å². The Hall–Kier alpha value is -2.33. The van der Waals surface area contributed by atoms with Crippen LogP contribution < -0.4 is 4.74 Å². The smallest absolute Gasteiger partial charge is 0.253 e. The number of nitrogens with zero attached hydrogens (tertiary/aromatic N) is 2. The van der Waals surface area contributed by atoms with Crippen LogP contribution in [0.2, 0.25) is 0 Å². The Morgan fingerprint density at radius 3 is 2.33 bits per heavy atom. The molecular weight excluding hydrogens is 288 g/mol. The zero-order valence-electron chi connectivity index (χ0n) is 11.1. The lowest BCUT2D eigenvalue weighted by Gasteiger charge is -2.04. The van der Waals surface area contributed by atoms with E-state index < -0.39 is 5.38 Å². The Morgan fingerprint density at radius 2 is 1.62 bits per heavy atom. The molecule has 4 nitrogen and oxygen atoms in total. The van der Waals surface area contributed by atoms with E-state index in [4.69, 9.17) is 20.8 Å². The lowest BCUT2D eigenvalue weighted by Crippen LogP contribution is -1.95. The van der Waals surface area contributed by atoms with Gasteiger partial charge in [-0.3, -0.25) is 0 Å². The molecule has 0 amide bonds. The maximum Gasteiger partial charge on any atom is 0.253 e. The standard InChI is InChI=1S/C16H13ClN2O2/c17-15(12-7-3-1-4-8-12)16-19-18-14(21-16)11-20-13-9-5-2-6-10-13/h1-10,15H,11H2. The van der Waals surface area contributed by atoms with Crippen LogP contribution in [-0.2, 0) is 6.61 Å². The first-order valence-electron chi connectivity index (χ1n) is 6.52. The van der Waals surface area contributed by atoms with Crippen molar-refractivity contribution >= 4 is 11.6 Å². The average molecular weight is 301 g/mol. The summed E-state index contributed by atoms with van der Waals surface area (Å²) >= 11 is 6.33. The fraction of sp³-hybridized carbons (Fsp3) is 0.125. The van der Waals surface area contributed by atoms with E-state index in [1.54, 1.807) is 0 Å². The normalized spacial score (nSPS) is 12.0. The fourth-order valence-electron chi connectivity index (χ4n) is 1.85. The molecule has 106 valence electrons. The van der Waals surface area contributed by atoms with Crippen LogP contribution in [0.5, 0.6) is 5.75 Å². The lowest BCUT2D eigenvalue weighted by molar-refractivity contribution is 0.259. The number of rotatable bonds is 5. The van der Waals surface area contributed by atoms with Crippen LogP contribution in [0.1, 0.15) is 22.7 Å². The summed E-state index contributed by atoms with van der Waals surface area (Å²) in [6.07, 6.45) is 0. The summed E-state index contributed by atoms with van der Waals surface area (Å²) in [5.74, 6) is 1.52. The Labute approximate surface area is 127 Å². The minimum absolute atomic E-state index is 0.218. The Kier molecular flexibility index (Phi) is 4.17. The van der Waals surface area contributed by atoms with E-state index >= 15 is 0 Å². The van der Waals surface area contributed by atoms with Gasteiger partial charge in [0.15, 0.2) is 6.61 Å². The quantitative estimate of drug-likeness (QED) is 0.669. The van der Waals surface area contributed by atoms with Crippen molar-refractivity contribution in [3.8, 4) is 5.75 Å². The number of para-hydroxylation sites is 1. The van der Waals surface area contributed by atoms with Gasteiger partial charge in [0.1, 0.15) is 11.1 Å². The van der Waals surface area contributed by atoms with Crippen LogP contribution in [0, 0.1) is 0 Å². The number of alkyl halides is 1. The monoisotopic (exact) mass is 300 g/mol. The van der Waals surface area contributed by atoms with E-state index in [1.165, 1.54) is 0 Å². The van der Waals surface area contributed by atoms with Gasteiger partial charge in [0.25, 0.3) is 5.89 Å². The third-order valence-corrected chi connectivity index (χ3v) is 3.34. The van der Waals surface area contributed by atoms with E-state index in [-0.39, 0.29) is 6.61 Å². The molecule has 5 heteroatoms. The zero-order chi connectivity index (χ0) is 14.5. The Morgan fingerprint density at radius 1 is 0.952 bits per heavy atom. The molecule has 0 saturated carbocycles. The number of hydrogen-bond acceptors (Lipinski definition) is 4. The summed E-state index contributed by atoms with van der Waals surface area (Å²) in [5, 5.41) is 7.47. The number of halogens is 1. The maximum atomic E-state index is 6.33. The van der Waals surface area contributed by atoms with Gasteiger partial charge >= 0.3 is 0 Å². The van der Waals surface area contributed by atoms with E-state index in [0.29, 0.717) is 11.8 Å². The summed E-state index contributed by atoms with van der Waals surface area (Å²) in [6, 6.07) is 19.1. The summed E-state index contributed by atoms with van der Waals surface area (Å²) in [7, 11) is 0. The molecule has 2 aromatic carbocycles. The molecule has 1 unspecified atom stereocenters.